The summed E-state index contributed by atoms with van der Waals surface area (Å²) in [4.78, 5) is 4.79. The van der Waals surface area contributed by atoms with Gasteiger partial charge in [-0.3, -0.25) is 0 Å². The Morgan fingerprint density at radius 1 is 1.19 bits per heavy atom. The number of anilines is 1. The molecule has 21 heavy (non-hydrogen) atoms. The Morgan fingerprint density at radius 3 is 2.76 bits per heavy atom. The molecule has 108 valence electrons. The topological polar surface area (TPSA) is 43.8 Å². The lowest BCUT2D eigenvalue weighted by Gasteiger charge is -2.10. The molecule has 0 aliphatic carbocycles. The molecule has 0 bridgehead atoms. The summed E-state index contributed by atoms with van der Waals surface area (Å²) in [5.74, 6) is 0.957. The summed E-state index contributed by atoms with van der Waals surface area (Å²) in [5, 5.41) is 0.732. The third-order valence-electron chi connectivity index (χ3n) is 3.66. The van der Waals surface area contributed by atoms with Gasteiger partial charge >= 0.3 is 0 Å². The number of imidazole rings is 1. The van der Waals surface area contributed by atoms with Crippen LogP contribution in [0.5, 0.6) is 0 Å². The monoisotopic (exact) mass is 299 g/mol. The molecule has 3 nitrogen and oxygen atoms in total. The summed E-state index contributed by atoms with van der Waals surface area (Å²) in [6, 6.07) is 11.8. The summed E-state index contributed by atoms with van der Waals surface area (Å²) >= 11 is 6.14. The predicted octanol–water partition coefficient (Wildman–Crippen LogP) is 4.66. The quantitative estimate of drug-likeness (QED) is 0.715. The SMILES string of the molecule is CCCn1c(-c2cc(N)ccc2C)nc2ccc(Cl)cc21. The highest BCUT2D eigenvalue weighted by molar-refractivity contribution is 6.31. The number of benzene rings is 2. The smallest absolute Gasteiger partial charge is 0.141 e. The second-order valence-corrected chi connectivity index (χ2v) is 5.73. The van der Waals surface area contributed by atoms with E-state index < -0.39 is 0 Å². The van der Waals surface area contributed by atoms with E-state index in [0.29, 0.717) is 0 Å². The van der Waals surface area contributed by atoms with Gasteiger partial charge in [0.05, 0.1) is 11.0 Å². The van der Waals surface area contributed by atoms with Crippen LogP contribution >= 0.6 is 11.6 Å². The van der Waals surface area contributed by atoms with Gasteiger partial charge in [-0.25, -0.2) is 4.98 Å². The maximum absolute atomic E-state index is 6.14. The van der Waals surface area contributed by atoms with Crippen LogP contribution in [0, 0.1) is 6.92 Å². The zero-order chi connectivity index (χ0) is 15.0. The van der Waals surface area contributed by atoms with Crippen molar-refractivity contribution < 1.29 is 0 Å². The summed E-state index contributed by atoms with van der Waals surface area (Å²) in [6.07, 6.45) is 1.03. The fourth-order valence-corrected chi connectivity index (χ4v) is 2.80. The number of hydrogen-bond donors (Lipinski definition) is 1. The van der Waals surface area contributed by atoms with Gasteiger partial charge in [-0.1, -0.05) is 24.6 Å². The van der Waals surface area contributed by atoms with Crippen molar-refractivity contribution in [2.24, 2.45) is 0 Å². The molecular formula is C17H18ClN3. The van der Waals surface area contributed by atoms with E-state index in [1.54, 1.807) is 0 Å². The molecular weight excluding hydrogens is 282 g/mol. The van der Waals surface area contributed by atoms with Gasteiger partial charge in [-0.2, -0.15) is 0 Å². The largest absolute Gasteiger partial charge is 0.399 e. The molecule has 0 spiro atoms. The molecule has 1 heterocycles. The van der Waals surface area contributed by atoms with Gasteiger partial charge in [-0.15, -0.1) is 0 Å². The van der Waals surface area contributed by atoms with Crippen LogP contribution < -0.4 is 5.73 Å². The van der Waals surface area contributed by atoms with E-state index in [1.165, 1.54) is 5.56 Å². The normalized spacial score (nSPS) is 11.2. The van der Waals surface area contributed by atoms with Crippen molar-refractivity contribution in [3.63, 3.8) is 0 Å². The van der Waals surface area contributed by atoms with Crippen LogP contribution in [0.4, 0.5) is 5.69 Å². The molecule has 0 aliphatic rings. The lowest BCUT2D eigenvalue weighted by atomic mass is 10.1. The highest BCUT2D eigenvalue weighted by Crippen LogP contribution is 2.30. The molecule has 2 aromatic carbocycles. The van der Waals surface area contributed by atoms with Crippen molar-refractivity contribution in [1.82, 2.24) is 9.55 Å². The van der Waals surface area contributed by atoms with Crippen molar-refractivity contribution in [2.75, 3.05) is 5.73 Å². The van der Waals surface area contributed by atoms with E-state index in [1.807, 2.05) is 36.4 Å². The summed E-state index contributed by atoms with van der Waals surface area (Å²) in [5.41, 5.74) is 11.0. The first-order valence-corrected chi connectivity index (χ1v) is 7.50. The van der Waals surface area contributed by atoms with Crippen LogP contribution in [0.3, 0.4) is 0 Å². The Balaban J connectivity index is 2.30. The van der Waals surface area contributed by atoms with Crippen LogP contribution in [-0.4, -0.2) is 9.55 Å². The number of aryl methyl sites for hydroxylation is 2. The predicted molar refractivity (Wildman–Crippen MR) is 89.6 cm³/mol. The average Bonchev–Trinajstić information content (AvgIpc) is 2.80. The molecule has 3 aromatic rings. The third kappa shape index (κ3) is 2.49. The minimum absolute atomic E-state index is 0.732. The van der Waals surface area contributed by atoms with E-state index >= 15 is 0 Å². The lowest BCUT2D eigenvalue weighted by molar-refractivity contribution is 0.704. The van der Waals surface area contributed by atoms with Crippen molar-refractivity contribution >= 4 is 28.3 Å². The standard InChI is InChI=1S/C17H18ClN3/c1-3-8-21-16-9-12(18)5-7-15(16)20-17(21)14-10-13(19)6-4-11(14)2/h4-7,9-10H,3,8,19H2,1-2H3. The number of hydrogen-bond acceptors (Lipinski definition) is 2. The highest BCUT2D eigenvalue weighted by Gasteiger charge is 2.14. The molecule has 2 N–H and O–H groups in total. The average molecular weight is 300 g/mol. The van der Waals surface area contributed by atoms with E-state index in [-0.39, 0.29) is 0 Å². The molecule has 0 saturated heterocycles. The fourth-order valence-electron chi connectivity index (χ4n) is 2.63. The van der Waals surface area contributed by atoms with Crippen molar-refractivity contribution in [3.05, 3.63) is 47.0 Å². The minimum atomic E-state index is 0.732. The van der Waals surface area contributed by atoms with Crippen LogP contribution in [0.25, 0.3) is 22.4 Å². The van der Waals surface area contributed by atoms with Gasteiger partial charge in [0.2, 0.25) is 0 Å². The Bertz CT molecular complexity index is 805. The van der Waals surface area contributed by atoms with Crippen LogP contribution in [0.1, 0.15) is 18.9 Å². The van der Waals surface area contributed by atoms with Gasteiger partial charge in [-0.05, 0) is 49.2 Å². The summed E-state index contributed by atoms with van der Waals surface area (Å²) < 4.78 is 2.23. The van der Waals surface area contributed by atoms with Crippen LogP contribution in [0.2, 0.25) is 5.02 Å². The molecule has 0 fully saturated rings. The molecule has 4 heteroatoms. The highest BCUT2D eigenvalue weighted by atomic mass is 35.5. The Hall–Kier alpha value is -2.00. The first kappa shape index (κ1) is 14.0. The van der Waals surface area contributed by atoms with E-state index in [4.69, 9.17) is 22.3 Å². The Morgan fingerprint density at radius 2 is 2.00 bits per heavy atom. The Labute approximate surface area is 129 Å². The molecule has 0 unspecified atom stereocenters. The van der Waals surface area contributed by atoms with Gasteiger partial charge in [0, 0.05) is 22.8 Å². The van der Waals surface area contributed by atoms with E-state index in [2.05, 4.69) is 18.4 Å². The second-order valence-electron chi connectivity index (χ2n) is 5.29. The first-order valence-electron chi connectivity index (χ1n) is 7.12. The lowest BCUT2D eigenvalue weighted by Crippen LogP contribution is -2.01. The number of nitrogens with two attached hydrogens (primary N) is 1. The number of nitrogens with zero attached hydrogens (tertiary/aromatic N) is 2. The van der Waals surface area contributed by atoms with E-state index in [0.717, 1.165) is 46.1 Å². The van der Waals surface area contributed by atoms with Gasteiger partial charge in [0.15, 0.2) is 0 Å². The Kier molecular flexibility index (Phi) is 3.60. The zero-order valence-corrected chi connectivity index (χ0v) is 13.0. The number of halogens is 1. The van der Waals surface area contributed by atoms with Gasteiger partial charge < -0.3 is 10.3 Å². The number of fused-ring (bicyclic) bond motifs is 1. The molecule has 0 radical (unpaired) electrons. The van der Waals surface area contributed by atoms with Gasteiger partial charge in [0.1, 0.15) is 5.82 Å². The maximum atomic E-state index is 6.14. The van der Waals surface area contributed by atoms with Crippen LogP contribution in [-0.2, 0) is 6.54 Å². The van der Waals surface area contributed by atoms with Crippen molar-refractivity contribution in [2.45, 2.75) is 26.8 Å². The molecule has 3 rings (SSSR count). The number of aromatic nitrogens is 2. The minimum Gasteiger partial charge on any atom is -0.399 e. The number of rotatable bonds is 3. The molecule has 0 amide bonds. The summed E-state index contributed by atoms with van der Waals surface area (Å²) in [6.45, 7) is 5.14. The van der Waals surface area contributed by atoms with Gasteiger partial charge in [0.25, 0.3) is 0 Å². The zero-order valence-electron chi connectivity index (χ0n) is 12.2. The summed E-state index contributed by atoms with van der Waals surface area (Å²) in [7, 11) is 0. The molecule has 1 aromatic heterocycles. The second kappa shape index (κ2) is 5.41. The molecule has 0 aliphatic heterocycles. The molecule has 0 saturated carbocycles. The van der Waals surface area contributed by atoms with Crippen molar-refractivity contribution in [1.29, 1.82) is 0 Å². The van der Waals surface area contributed by atoms with Crippen LogP contribution in [0.15, 0.2) is 36.4 Å². The first-order chi connectivity index (χ1) is 10.1. The molecule has 0 atom stereocenters. The van der Waals surface area contributed by atoms with E-state index in [9.17, 15) is 0 Å². The maximum Gasteiger partial charge on any atom is 0.141 e. The number of nitrogen functional groups attached to an aromatic ring is 1. The van der Waals surface area contributed by atoms with Crippen molar-refractivity contribution in [3.8, 4) is 11.4 Å². The third-order valence-corrected chi connectivity index (χ3v) is 3.90. The fraction of sp³-hybridized carbons (Fsp3) is 0.235.